The summed E-state index contributed by atoms with van der Waals surface area (Å²) < 4.78 is 11.5. The summed E-state index contributed by atoms with van der Waals surface area (Å²) in [7, 11) is 0. The van der Waals surface area contributed by atoms with E-state index in [0.29, 0.717) is 28.1 Å². The van der Waals surface area contributed by atoms with Crippen molar-refractivity contribution in [1.29, 1.82) is 0 Å². The summed E-state index contributed by atoms with van der Waals surface area (Å²) in [6.07, 6.45) is 0.801. The molecular weight excluding hydrogens is 464 g/mol. The Morgan fingerprint density at radius 3 is 2.40 bits per heavy atom. The largest absolute Gasteiger partial charge is 0.450 e. The number of hydrogen-bond donors (Lipinski definition) is 0. The van der Waals surface area contributed by atoms with Crippen molar-refractivity contribution in [3.05, 3.63) is 80.2 Å². The topological polar surface area (TPSA) is 63.0 Å². The van der Waals surface area contributed by atoms with Crippen LogP contribution in [-0.4, -0.2) is 55.1 Å². The molecule has 2 aromatic carbocycles. The van der Waals surface area contributed by atoms with Crippen LogP contribution < -0.4 is 5.43 Å². The van der Waals surface area contributed by atoms with Gasteiger partial charge in [-0.1, -0.05) is 56.6 Å². The highest BCUT2D eigenvalue weighted by atomic mass is 35.5. The van der Waals surface area contributed by atoms with Crippen molar-refractivity contribution >= 4 is 28.5 Å². The molecule has 6 nitrogen and oxygen atoms in total. The van der Waals surface area contributed by atoms with E-state index in [1.807, 2.05) is 12.1 Å². The van der Waals surface area contributed by atoms with Crippen LogP contribution >= 0.6 is 11.6 Å². The number of benzene rings is 2. The maximum atomic E-state index is 13.7. The maximum absolute atomic E-state index is 13.7. The Morgan fingerprint density at radius 2 is 1.71 bits per heavy atom. The molecule has 35 heavy (non-hydrogen) atoms. The van der Waals surface area contributed by atoms with Gasteiger partial charge in [0.15, 0.2) is 5.43 Å². The third-order valence-corrected chi connectivity index (χ3v) is 7.23. The number of rotatable bonds is 5. The number of carbonyl (C=O) groups excluding carboxylic acids is 1. The van der Waals surface area contributed by atoms with E-state index < -0.39 is 6.04 Å². The molecule has 0 unspecified atom stereocenters. The summed E-state index contributed by atoms with van der Waals surface area (Å²) in [5.74, 6) is -0.0954. The highest BCUT2D eigenvalue weighted by Crippen LogP contribution is 2.39. The monoisotopic (exact) mass is 494 g/mol. The van der Waals surface area contributed by atoms with Crippen LogP contribution in [0.5, 0.6) is 0 Å². The van der Waals surface area contributed by atoms with Gasteiger partial charge in [-0.25, -0.2) is 0 Å². The zero-order chi connectivity index (χ0) is 24.7. The number of nitrogens with zero attached hydrogens (tertiary/aromatic N) is 2. The lowest BCUT2D eigenvalue weighted by Gasteiger charge is -2.29. The van der Waals surface area contributed by atoms with Crippen LogP contribution in [0.3, 0.4) is 0 Å². The van der Waals surface area contributed by atoms with Crippen molar-refractivity contribution in [1.82, 2.24) is 9.80 Å². The van der Waals surface area contributed by atoms with Crippen molar-refractivity contribution in [2.45, 2.75) is 38.6 Å². The van der Waals surface area contributed by atoms with Gasteiger partial charge in [0.05, 0.1) is 30.2 Å². The molecule has 5 rings (SSSR count). The molecule has 0 radical (unpaired) electrons. The van der Waals surface area contributed by atoms with Crippen LogP contribution in [0.4, 0.5) is 0 Å². The first-order valence-corrected chi connectivity index (χ1v) is 12.6. The fraction of sp³-hybridized carbons (Fsp3) is 0.429. The number of halogens is 1. The zero-order valence-electron chi connectivity index (χ0n) is 20.5. The number of morpholine rings is 1. The third-order valence-electron chi connectivity index (χ3n) is 7.00. The van der Waals surface area contributed by atoms with Crippen LogP contribution in [0.1, 0.15) is 60.5 Å². The third kappa shape index (κ3) is 4.63. The van der Waals surface area contributed by atoms with E-state index in [1.165, 1.54) is 5.56 Å². The molecule has 2 aliphatic rings. The smallest absolute Gasteiger partial charge is 0.290 e. The van der Waals surface area contributed by atoms with Crippen molar-refractivity contribution in [2.24, 2.45) is 0 Å². The van der Waals surface area contributed by atoms with Gasteiger partial charge < -0.3 is 14.1 Å². The molecular formula is C28H31ClN2O4. The lowest BCUT2D eigenvalue weighted by molar-refractivity contribution is 0.0353. The van der Waals surface area contributed by atoms with Gasteiger partial charge in [0.2, 0.25) is 5.76 Å². The minimum atomic E-state index is -0.490. The predicted octanol–water partition coefficient (Wildman–Crippen LogP) is 5.01. The van der Waals surface area contributed by atoms with Crippen LogP contribution in [-0.2, 0) is 10.2 Å². The van der Waals surface area contributed by atoms with Crippen molar-refractivity contribution < 1.29 is 13.9 Å². The fourth-order valence-electron chi connectivity index (χ4n) is 5.02. The van der Waals surface area contributed by atoms with Crippen molar-refractivity contribution in [2.75, 3.05) is 39.4 Å². The minimum absolute atomic E-state index is 0.00571. The van der Waals surface area contributed by atoms with Gasteiger partial charge >= 0.3 is 0 Å². The molecule has 1 aromatic heterocycles. The zero-order valence-corrected chi connectivity index (χ0v) is 21.2. The quantitative estimate of drug-likeness (QED) is 0.499. The van der Waals surface area contributed by atoms with E-state index in [2.05, 4.69) is 37.8 Å². The number of amides is 1. The summed E-state index contributed by atoms with van der Waals surface area (Å²) in [5, 5.41) is 0.859. The Kier molecular flexibility index (Phi) is 6.47. The summed E-state index contributed by atoms with van der Waals surface area (Å²) in [5.41, 5.74) is 2.69. The average molecular weight is 495 g/mol. The van der Waals surface area contributed by atoms with Gasteiger partial charge in [0.1, 0.15) is 5.58 Å². The maximum Gasteiger partial charge on any atom is 0.290 e. The van der Waals surface area contributed by atoms with E-state index in [1.54, 1.807) is 23.1 Å². The van der Waals surface area contributed by atoms with Gasteiger partial charge in [-0.05, 0) is 41.2 Å². The second kappa shape index (κ2) is 9.41. The lowest BCUT2D eigenvalue weighted by Crippen LogP contribution is -2.38. The summed E-state index contributed by atoms with van der Waals surface area (Å²) >= 11 is 6.18. The predicted molar refractivity (Wildman–Crippen MR) is 137 cm³/mol. The van der Waals surface area contributed by atoms with Crippen LogP contribution in [0, 0.1) is 0 Å². The van der Waals surface area contributed by atoms with Crippen LogP contribution in [0.2, 0.25) is 5.02 Å². The van der Waals surface area contributed by atoms with Crippen molar-refractivity contribution in [3.8, 4) is 0 Å². The molecule has 0 aliphatic carbocycles. The fourth-order valence-corrected chi connectivity index (χ4v) is 5.20. The van der Waals surface area contributed by atoms with Crippen LogP contribution in [0.25, 0.3) is 11.0 Å². The molecule has 0 bridgehead atoms. The van der Waals surface area contributed by atoms with E-state index in [0.717, 1.165) is 44.8 Å². The highest BCUT2D eigenvalue weighted by molar-refractivity contribution is 6.31. The van der Waals surface area contributed by atoms with Gasteiger partial charge in [0, 0.05) is 31.2 Å². The average Bonchev–Trinajstić information content (AvgIpc) is 3.12. The minimum Gasteiger partial charge on any atom is -0.450 e. The second-order valence-corrected chi connectivity index (χ2v) is 10.8. The van der Waals surface area contributed by atoms with Crippen molar-refractivity contribution in [3.63, 3.8) is 0 Å². The molecule has 1 saturated heterocycles. The van der Waals surface area contributed by atoms with Gasteiger partial charge in [-0.2, -0.15) is 0 Å². The van der Waals surface area contributed by atoms with E-state index in [-0.39, 0.29) is 22.5 Å². The molecule has 0 spiro atoms. The number of fused-ring (bicyclic) bond motifs is 2. The molecule has 1 amide bonds. The SMILES string of the molecule is CC(C)(C)c1ccc([C@@H]2c3c(oc4ccc(Cl)cc4c3=O)C(=O)N2CCCN2CCOCC2)cc1. The number of ether oxygens (including phenoxy) is 1. The molecule has 0 N–H and O–H groups in total. The first-order valence-electron chi connectivity index (χ1n) is 12.2. The van der Waals surface area contributed by atoms with Gasteiger partial charge in [-0.3, -0.25) is 14.5 Å². The molecule has 0 saturated carbocycles. The molecule has 2 aliphatic heterocycles. The number of carbonyl (C=O) groups is 1. The van der Waals surface area contributed by atoms with Crippen LogP contribution in [0.15, 0.2) is 51.7 Å². The Morgan fingerprint density at radius 1 is 1.00 bits per heavy atom. The van der Waals surface area contributed by atoms with E-state index in [9.17, 15) is 9.59 Å². The summed E-state index contributed by atoms with van der Waals surface area (Å²) in [6, 6.07) is 12.7. The van der Waals surface area contributed by atoms with Gasteiger partial charge in [-0.15, -0.1) is 0 Å². The number of hydrogen-bond acceptors (Lipinski definition) is 5. The molecule has 1 fully saturated rings. The molecule has 3 heterocycles. The van der Waals surface area contributed by atoms with E-state index in [4.69, 9.17) is 20.8 Å². The van der Waals surface area contributed by atoms with Gasteiger partial charge in [0.25, 0.3) is 5.91 Å². The first kappa shape index (κ1) is 24.0. The Balaban J connectivity index is 1.54. The molecule has 1 atom stereocenters. The molecule has 184 valence electrons. The summed E-state index contributed by atoms with van der Waals surface area (Å²) in [4.78, 5) is 31.4. The molecule has 3 aromatic rings. The summed E-state index contributed by atoms with van der Waals surface area (Å²) in [6.45, 7) is 11.2. The Hall–Kier alpha value is -2.67. The Bertz CT molecular complexity index is 1300. The highest BCUT2D eigenvalue weighted by Gasteiger charge is 2.42. The lowest BCUT2D eigenvalue weighted by atomic mass is 9.86. The normalized spacial score (nSPS) is 18.9. The first-order chi connectivity index (χ1) is 16.7. The standard InChI is InChI=1S/C28H31ClN2O4/c1-28(2,3)19-7-5-18(6-8-19)24-23-25(32)21-17-20(29)9-10-22(21)35-26(23)27(33)31(24)12-4-11-30-13-15-34-16-14-30/h5-10,17,24H,4,11-16H2,1-3H3/t24-/m1/s1. The van der Waals surface area contributed by atoms with E-state index >= 15 is 0 Å². The molecule has 7 heteroatoms. The second-order valence-electron chi connectivity index (χ2n) is 10.4. The Labute approximate surface area is 210 Å².